The molecule has 1 unspecified atom stereocenters. The maximum Gasteiger partial charge on any atom is 0.429 e. The number of hydrogen-bond donors (Lipinski definition) is 2. The number of alkyl halides is 3. The van der Waals surface area contributed by atoms with Crippen LogP contribution in [0.25, 0.3) is 0 Å². The van der Waals surface area contributed by atoms with Gasteiger partial charge in [-0.15, -0.1) is 0 Å². The third kappa shape index (κ3) is 3.79. The largest absolute Gasteiger partial charge is 0.429 e. The number of aryl methyl sites for hydroxylation is 2. The lowest BCUT2D eigenvalue weighted by Gasteiger charge is -2.34. The van der Waals surface area contributed by atoms with Crippen molar-refractivity contribution >= 4 is 28.9 Å². The number of hydrogen-bond acceptors (Lipinski definition) is 3. The Morgan fingerprint density at radius 1 is 1.14 bits per heavy atom. The summed E-state index contributed by atoms with van der Waals surface area (Å²) in [5.41, 5.74) is 0.268. The van der Waals surface area contributed by atoms with Crippen LogP contribution in [0.4, 0.5) is 24.5 Å². The van der Waals surface area contributed by atoms with E-state index in [0.717, 1.165) is 24.0 Å². The van der Waals surface area contributed by atoms with Crippen LogP contribution in [0.2, 0.25) is 5.02 Å². The zero-order valence-electron chi connectivity index (χ0n) is 15.9. The second-order valence-corrected chi connectivity index (χ2v) is 7.89. The second-order valence-electron chi connectivity index (χ2n) is 7.45. The number of benzene rings is 2. The molecule has 1 heterocycles. The molecule has 4 rings (SSSR count). The molecule has 3 nitrogen and oxygen atoms in total. The van der Waals surface area contributed by atoms with Gasteiger partial charge in [0.2, 0.25) is 11.5 Å². The Kier molecular flexibility index (Phi) is 4.74. The first-order valence-corrected chi connectivity index (χ1v) is 9.66. The van der Waals surface area contributed by atoms with Gasteiger partial charge in [-0.3, -0.25) is 0 Å². The Morgan fingerprint density at radius 3 is 2.55 bits per heavy atom. The maximum absolute atomic E-state index is 14.4. The molecule has 7 heteroatoms. The molecule has 2 N–H and O–H groups in total. The third-order valence-electron chi connectivity index (χ3n) is 5.12. The highest BCUT2D eigenvalue weighted by atomic mass is 35.5. The predicted octanol–water partition coefficient (Wildman–Crippen LogP) is 6.02. The number of fused-ring (bicyclic) bond motifs is 1. The Hall–Kier alpha value is -2.65. The summed E-state index contributed by atoms with van der Waals surface area (Å²) in [5.74, 6) is 5.20. The van der Waals surface area contributed by atoms with Crippen LogP contribution in [-0.4, -0.2) is 12.1 Å². The van der Waals surface area contributed by atoms with Crippen molar-refractivity contribution in [2.45, 2.75) is 38.4 Å². The highest BCUT2D eigenvalue weighted by molar-refractivity contribution is 6.30. The summed E-state index contributed by atoms with van der Waals surface area (Å²) in [6.45, 7) is 3.91. The van der Waals surface area contributed by atoms with Crippen molar-refractivity contribution in [2.24, 2.45) is 10.9 Å². The van der Waals surface area contributed by atoms with Crippen LogP contribution in [0.3, 0.4) is 0 Å². The normalized spacial score (nSPS) is 20.7. The molecule has 150 valence electrons. The van der Waals surface area contributed by atoms with Gasteiger partial charge in [0.1, 0.15) is 0 Å². The number of aliphatic imine (C=N–C) groups is 1. The Labute approximate surface area is 172 Å². The van der Waals surface area contributed by atoms with Gasteiger partial charge in [0.05, 0.1) is 0 Å². The lowest BCUT2D eigenvalue weighted by Crippen LogP contribution is -2.45. The number of guanidine groups is 1. The fourth-order valence-electron chi connectivity index (χ4n) is 3.14. The van der Waals surface area contributed by atoms with Crippen LogP contribution < -0.4 is 10.6 Å². The van der Waals surface area contributed by atoms with Crippen molar-refractivity contribution in [2.75, 3.05) is 10.6 Å². The number of halogens is 4. The topological polar surface area (TPSA) is 36.4 Å². The average Bonchev–Trinajstić information content (AvgIpc) is 3.47. The van der Waals surface area contributed by atoms with Gasteiger partial charge in [-0.1, -0.05) is 29.5 Å². The van der Waals surface area contributed by atoms with E-state index < -0.39 is 11.7 Å². The average molecular weight is 418 g/mol. The molecule has 0 aromatic heterocycles. The molecule has 1 fully saturated rings. The molecule has 1 aliphatic heterocycles. The summed E-state index contributed by atoms with van der Waals surface area (Å²) in [4.78, 5) is 4.05. The quantitative estimate of drug-likeness (QED) is 0.556. The second kappa shape index (κ2) is 7.00. The van der Waals surface area contributed by atoms with Crippen LogP contribution in [-0.2, 0) is 5.54 Å². The van der Waals surface area contributed by atoms with Crippen molar-refractivity contribution in [1.29, 1.82) is 0 Å². The van der Waals surface area contributed by atoms with E-state index in [0.29, 0.717) is 5.69 Å². The predicted molar refractivity (Wildman–Crippen MR) is 110 cm³/mol. The molecule has 0 bridgehead atoms. The van der Waals surface area contributed by atoms with Gasteiger partial charge in [0, 0.05) is 27.9 Å². The molecule has 1 aliphatic carbocycles. The highest BCUT2D eigenvalue weighted by Gasteiger charge is 2.58. The van der Waals surface area contributed by atoms with Crippen molar-refractivity contribution in [3.63, 3.8) is 0 Å². The molecular weight excluding hydrogens is 399 g/mol. The molecule has 29 heavy (non-hydrogen) atoms. The summed E-state index contributed by atoms with van der Waals surface area (Å²) in [6.07, 6.45) is -3.08. The number of rotatable bonds is 1. The summed E-state index contributed by atoms with van der Waals surface area (Å²) in [5, 5.41) is 6.12. The minimum absolute atomic E-state index is 0.00176. The van der Waals surface area contributed by atoms with Crippen LogP contribution >= 0.6 is 11.6 Å². The summed E-state index contributed by atoms with van der Waals surface area (Å²) >= 11 is 6.02. The molecule has 1 atom stereocenters. The van der Waals surface area contributed by atoms with Crippen molar-refractivity contribution < 1.29 is 13.2 Å². The summed E-state index contributed by atoms with van der Waals surface area (Å²) < 4.78 is 43.2. The first-order valence-electron chi connectivity index (χ1n) is 9.28. The molecular formula is C22H19ClF3N3. The van der Waals surface area contributed by atoms with E-state index in [1.54, 1.807) is 12.1 Å². The lowest BCUT2D eigenvalue weighted by molar-refractivity contribution is -0.170. The van der Waals surface area contributed by atoms with E-state index in [9.17, 15) is 13.2 Å². The Balaban J connectivity index is 1.84. The molecule has 2 aromatic rings. The van der Waals surface area contributed by atoms with Gasteiger partial charge in [0.15, 0.2) is 0 Å². The SMILES string of the molecule is Cc1ccc(NC2=NC(C#CC3CC3)(C(F)(F)F)c3cc(Cl)ccc3N2)cc1C. The van der Waals surface area contributed by atoms with E-state index in [4.69, 9.17) is 11.6 Å². The highest BCUT2D eigenvalue weighted by Crippen LogP contribution is 2.48. The van der Waals surface area contributed by atoms with E-state index in [1.807, 2.05) is 26.0 Å². The monoisotopic (exact) mass is 417 g/mol. The van der Waals surface area contributed by atoms with Crippen molar-refractivity contribution in [1.82, 2.24) is 0 Å². The minimum atomic E-state index is -4.72. The number of anilines is 2. The molecule has 1 saturated carbocycles. The molecule has 0 amide bonds. The molecule has 2 aromatic carbocycles. The van der Waals surface area contributed by atoms with Crippen LogP contribution in [0.1, 0.15) is 29.5 Å². The Morgan fingerprint density at radius 2 is 1.90 bits per heavy atom. The van der Waals surface area contributed by atoms with Gasteiger partial charge >= 0.3 is 6.18 Å². The van der Waals surface area contributed by atoms with Gasteiger partial charge in [0.25, 0.3) is 0 Å². The van der Waals surface area contributed by atoms with E-state index in [1.165, 1.54) is 12.1 Å². The van der Waals surface area contributed by atoms with Crippen molar-refractivity contribution in [3.05, 3.63) is 58.1 Å². The summed E-state index contributed by atoms with van der Waals surface area (Å²) in [7, 11) is 0. The lowest BCUT2D eigenvalue weighted by atomic mass is 9.87. The fourth-order valence-corrected chi connectivity index (χ4v) is 3.31. The van der Waals surface area contributed by atoms with Crippen LogP contribution in [0.15, 0.2) is 41.4 Å². The van der Waals surface area contributed by atoms with Gasteiger partial charge in [-0.2, -0.15) is 13.2 Å². The summed E-state index contributed by atoms with van der Waals surface area (Å²) in [6, 6.07) is 9.92. The van der Waals surface area contributed by atoms with E-state index in [2.05, 4.69) is 27.5 Å². The van der Waals surface area contributed by atoms with Crippen LogP contribution in [0.5, 0.6) is 0 Å². The number of nitrogens with one attached hydrogen (secondary N) is 2. The number of nitrogens with zero attached hydrogens (tertiary/aromatic N) is 1. The first-order chi connectivity index (χ1) is 13.7. The fraction of sp³-hybridized carbons (Fsp3) is 0.318. The molecule has 0 saturated heterocycles. The molecule has 2 aliphatic rings. The van der Waals surface area contributed by atoms with E-state index >= 15 is 0 Å². The smallest absolute Gasteiger partial charge is 0.326 e. The third-order valence-corrected chi connectivity index (χ3v) is 5.35. The minimum Gasteiger partial charge on any atom is -0.326 e. The van der Waals surface area contributed by atoms with Gasteiger partial charge < -0.3 is 10.6 Å². The van der Waals surface area contributed by atoms with E-state index in [-0.39, 0.29) is 28.2 Å². The van der Waals surface area contributed by atoms with Crippen molar-refractivity contribution in [3.8, 4) is 11.8 Å². The first kappa shape index (κ1) is 19.7. The van der Waals surface area contributed by atoms with Crippen LogP contribution in [0, 0.1) is 31.6 Å². The maximum atomic E-state index is 14.4. The Bertz CT molecular complexity index is 1060. The van der Waals surface area contributed by atoms with Gasteiger partial charge in [-0.25, -0.2) is 4.99 Å². The molecule has 0 spiro atoms. The molecule has 0 radical (unpaired) electrons. The standard InChI is InChI=1S/C22H19ClF3N3/c1-13-3-7-17(11-14(13)2)27-20-28-19-8-6-16(23)12-18(19)21(29-20,22(24,25)26)10-9-15-4-5-15/h3,6-8,11-12,15H,4-5H2,1-2H3,(H2,27,28,29). The van der Waals surface area contributed by atoms with Gasteiger partial charge in [-0.05, 0) is 68.1 Å². The zero-order valence-corrected chi connectivity index (χ0v) is 16.7. The zero-order chi connectivity index (χ0) is 20.8.